The summed E-state index contributed by atoms with van der Waals surface area (Å²) in [6, 6.07) is 0. The van der Waals surface area contributed by atoms with Gasteiger partial charge in [-0.3, -0.25) is 4.57 Å². The molecular formula is C15H21N5O. The number of nitrogens with zero attached hydrogens (tertiary/aromatic N) is 3. The predicted molar refractivity (Wildman–Crippen MR) is 85.5 cm³/mol. The fourth-order valence-electron chi connectivity index (χ4n) is 1.89. The molecule has 0 radical (unpaired) electrons. The SMILES string of the molecule is CC(C)=CCNc1nc(=O)n(CC=C(C)C)c2nc[nH]c12. The van der Waals surface area contributed by atoms with Crippen molar-refractivity contribution in [2.75, 3.05) is 11.9 Å². The molecule has 6 nitrogen and oxygen atoms in total. The van der Waals surface area contributed by atoms with Gasteiger partial charge in [0.2, 0.25) is 0 Å². The third-order valence-electron chi connectivity index (χ3n) is 3.01. The minimum atomic E-state index is -0.299. The van der Waals surface area contributed by atoms with Gasteiger partial charge in [-0.05, 0) is 27.7 Å². The van der Waals surface area contributed by atoms with E-state index in [1.54, 1.807) is 10.9 Å². The highest BCUT2D eigenvalue weighted by molar-refractivity contribution is 5.82. The molecule has 0 unspecified atom stereocenters. The lowest BCUT2D eigenvalue weighted by atomic mass is 10.3. The Labute approximate surface area is 123 Å². The van der Waals surface area contributed by atoms with Crippen LogP contribution in [0.25, 0.3) is 11.2 Å². The van der Waals surface area contributed by atoms with Crippen LogP contribution in [0, 0.1) is 0 Å². The van der Waals surface area contributed by atoms with Gasteiger partial charge in [0.25, 0.3) is 0 Å². The maximum Gasteiger partial charge on any atom is 0.351 e. The van der Waals surface area contributed by atoms with Crippen LogP contribution in [-0.4, -0.2) is 26.1 Å². The van der Waals surface area contributed by atoms with E-state index in [4.69, 9.17) is 0 Å². The molecule has 0 aliphatic rings. The number of hydrogen-bond donors (Lipinski definition) is 2. The molecule has 112 valence electrons. The fourth-order valence-corrected chi connectivity index (χ4v) is 1.89. The molecule has 0 fully saturated rings. The second-order valence-corrected chi connectivity index (χ2v) is 5.40. The van der Waals surface area contributed by atoms with Crippen LogP contribution in [-0.2, 0) is 6.54 Å². The summed E-state index contributed by atoms with van der Waals surface area (Å²) in [5.41, 5.74) is 3.43. The summed E-state index contributed by atoms with van der Waals surface area (Å²) in [5.74, 6) is 0.540. The molecule has 0 aliphatic heterocycles. The van der Waals surface area contributed by atoms with E-state index in [0.29, 0.717) is 24.6 Å². The zero-order chi connectivity index (χ0) is 15.4. The molecule has 2 aromatic rings. The second-order valence-electron chi connectivity index (χ2n) is 5.40. The molecule has 21 heavy (non-hydrogen) atoms. The van der Waals surface area contributed by atoms with Crippen LogP contribution in [0.5, 0.6) is 0 Å². The van der Waals surface area contributed by atoms with Crippen LogP contribution >= 0.6 is 0 Å². The zero-order valence-corrected chi connectivity index (χ0v) is 12.9. The van der Waals surface area contributed by atoms with E-state index in [2.05, 4.69) is 20.3 Å². The number of rotatable bonds is 5. The first-order chi connectivity index (χ1) is 9.99. The van der Waals surface area contributed by atoms with Crippen LogP contribution < -0.4 is 11.0 Å². The largest absolute Gasteiger partial charge is 0.365 e. The van der Waals surface area contributed by atoms with Gasteiger partial charge >= 0.3 is 5.69 Å². The van der Waals surface area contributed by atoms with Gasteiger partial charge in [0.1, 0.15) is 5.52 Å². The Morgan fingerprint density at radius 3 is 2.67 bits per heavy atom. The number of imidazole rings is 1. The number of H-pyrrole nitrogens is 1. The van der Waals surface area contributed by atoms with Crippen LogP contribution in [0.3, 0.4) is 0 Å². The van der Waals surface area contributed by atoms with Gasteiger partial charge in [0, 0.05) is 13.1 Å². The molecule has 2 aromatic heterocycles. The van der Waals surface area contributed by atoms with Crippen molar-refractivity contribution in [3.63, 3.8) is 0 Å². The zero-order valence-electron chi connectivity index (χ0n) is 12.9. The monoisotopic (exact) mass is 287 g/mol. The van der Waals surface area contributed by atoms with Gasteiger partial charge in [-0.15, -0.1) is 0 Å². The number of aromatic amines is 1. The Kier molecular flexibility index (Phi) is 4.57. The molecule has 0 aromatic carbocycles. The fraction of sp³-hybridized carbons (Fsp3) is 0.400. The Morgan fingerprint density at radius 1 is 1.29 bits per heavy atom. The molecule has 0 saturated heterocycles. The average molecular weight is 287 g/mol. The van der Waals surface area contributed by atoms with E-state index in [1.807, 2.05) is 39.8 Å². The van der Waals surface area contributed by atoms with Crippen molar-refractivity contribution >= 4 is 17.0 Å². The standard InChI is InChI=1S/C15H21N5O/c1-10(2)5-7-16-13-12-14(18-9-17-12)20(15(21)19-13)8-6-11(3)4/h5-6,9H,7-8H2,1-4H3,(H,17,18)(H,16,19,21). The molecule has 2 heterocycles. The summed E-state index contributed by atoms with van der Waals surface area (Å²) in [4.78, 5) is 23.6. The highest BCUT2D eigenvalue weighted by Gasteiger charge is 2.11. The molecular weight excluding hydrogens is 266 g/mol. The molecule has 0 amide bonds. The number of hydrogen-bond acceptors (Lipinski definition) is 4. The lowest BCUT2D eigenvalue weighted by Crippen LogP contribution is -2.24. The van der Waals surface area contributed by atoms with Crippen molar-refractivity contribution in [3.8, 4) is 0 Å². The molecule has 0 atom stereocenters. The Hall–Kier alpha value is -2.37. The van der Waals surface area contributed by atoms with E-state index in [1.165, 1.54) is 5.57 Å². The van der Waals surface area contributed by atoms with Gasteiger partial charge < -0.3 is 10.3 Å². The van der Waals surface area contributed by atoms with E-state index in [0.717, 1.165) is 11.1 Å². The minimum absolute atomic E-state index is 0.299. The predicted octanol–water partition coefficient (Wildman–Crippen LogP) is 2.46. The molecule has 0 bridgehead atoms. The molecule has 0 saturated carbocycles. The summed E-state index contributed by atoms with van der Waals surface area (Å²) < 4.78 is 1.56. The third-order valence-corrected chi connectivity index (χ3v) is 3.01. The average Bonchev–Trinajstić information content (AvgIpc) is 2.86. The van der Waals surface area contributed by atoms with Crippen molar-refractivity contribution in [1.29, 1.82) is 0 Å². The topological polar surface area (TPSA) is 75.6 Å². The summed E-state index contributed by atoms with van der Waals surface area (Å²) in [7, 11) is 0. The summed E-state index contributed by atoms with van der Waals surface area (Å²) in [6.45, 7) is 9.15. The lowest BCUT2D eigenvalue weighted by Gasteiger charge is -2.08. The van der Waals surface area contributed by atoms with E-state index < -0.39 is 0 Å². The molecule has 2 rings (SSSR count). The first kappa shape index (κ1) is 15.0. The summed E-state index contributed by atoms with van der Waals surface area (Å²) in [5, 5.41) is 3.15. The van der Waals surface area contributed by atoms with Crippen LogP contribution in [0.15, 0.2) is 34.4 Å². The van der Waals surface area contributed by atoms with Crippen molar-refractivity contribution < 1.29 is 0 Å². The normalized spacial score (nSPS) is 10.5. The number of nitrogens with one attached hydrogen (secondary N) is 2. The smallest absolute Gasteiger partial charge is 0.351 e. The van der Waals surface area contributed by atoms with Crippen molar-refractivity contribution in [2.24, 2.45) is 0 Å². The van der Waals surface area contributed by atoms with Gasteiger partial charge in [-0.25, -0.2) is 9.78 Å². The number of allylic oxidation sites excluding steroid dienone is 3. The van der Waals surface area contributed by atoms with E-state index in [-0.39, 0.29) is 5.69 Å². The van der Waals surface area contributed by atoms with Crippen molar-refractivity contribution in [2.45, 2.75) is 34.2 Å². The maximum atomic E-state index is 12.2. The Bertz CT molecular complexity index is 743. The highest BCUT2D eigenvalue weighted by atomic mass is 16.1. The highest BCUT2D eigenvalue weighted by Crippen LogP contribution is 2.15. The van der Waals surface area contributed by atoms with Gasteiger partial charge in [0.15, 0.2) is 11.5 Å². The van der Waals surface area contributed by atoms with Crippen LogP contribution in [0.1, 0.15) is 27.7 Å². The van der Waals surface area contributed by atoms with Gasteiger partial charge in [-0.2, -0.15) is 4.98 Å². The molecule has 6 heteroatoms. The van der Waals surface area contributed by atoms with Crippen molar-refractivity contribution in [1.82, 2.24) is 19.5 Å². The Morgan fingerprint density at radius 2 is 2.00 bits per heavy atom. The number of anilines is 1. The third kappa shape index (κ3) is 3.59. The lowest BCUT2D eigenvalue weighted by molar-refractivity contribution is 0.768. The van der Waals surface area contributed by atoms with Gasteiger partial charge in [-0.1, -0.05) is 23.3 Å². The first-order valence-electron chi connectivity index (χ1n) is 6.93. The van der Waals surface area contributed by atoms with Crippen LogP contribution in [0.2, 0.25) is 0 Å². The van der Waals surface area contributed by atoms with Gasteiger partial charge in [0.05, 0.1) is 6.33 Å². The summed E-state index contributed by atoms with van der Waals surface area (Å²) in [6.07, 6.45) is 5.60. The second kappa shape index (κ2) is 6.39. The van der Waals surface area contributed by atoms with E-state index in [9.17, 15) is 4.79 Å². The molecule has 0 aliphatic carbocycles. The quantitative estimate of drug-likeness (QED) is 0.828. The maximum absolute atomic E-state index is 12.2. The van der Waals surface area contributed by atoms with Crippen molar-refractivity contribution in [3.05, 3.63) is 40.1 Å². The first-order valence-corrected chi connectivity index (χ1v) is 6.93. The van der Waals surface area contributed by atoms with Crippen LogP contribution in [0.4, 0.5) is 5.82 Å². The number of fused-ring (bicyclic) bond motifs is 1. The Balaban J connectivity index is 2.40. The molecule has 2 N–H and O–H groups in total. The number of aromatic nitrogens is 4. The van der Waals surface area contributed by atoms with E-state index >= 15 is 0 Å². The summed E-state index contributed by atoms with van der Waals surface area (Å²) >= 11 is 0. The minimum Gasteiger partial charge on any atom is -0.365 e. The molecule has 0 spiro atoms.